The maximum atomic E-state index is 12.3. The first-order chi connectivity index (χ1) is 9.38. The molecule has 2 aromatic rings. The van der Waals surface area contributed by atoms with E-state index in [9.17, 15) is 13.2 Å². The summed E-state index contributed by atoms with van der Waals surface area (Å²) in [7, 11) is -3.46. The second-order valence-electron chi connectivity index (χ2n) is 4.99. The standard InChI is InChI=1S/C15H16O4S/c1-11(8-15(16)17)10-20(18,19)14-7-6-12-4-2-3-5-13(12)9-14/h2-7,9,11H,8,10H2,1H3,(H,16,17)/t11-/m0/s1. The summed E-state index contributed by atoms with van der Waals surface area (Å²) in [4.78, 5) is 10.9. The number of rotatable bonds is 5. The van der Waals surface area contributed by atoms with Crippen molar-refractivity contribution in [3.8, 4) is 0 Å². The van der Waals surface area contributed by atoms with Gasteiger partial charge in [0.1, 0.15) is 0 Å². The van der Waals surface area contributed by atoms with Crippen LogP contribution in [0.5, 0.6) is 0 Å². The van der Waals surface area contributed by atoms with E-state index in [2.05, 4.69) is 0 Å². The fourth-order valence-electron chi connectivity index (χ4n) is 2.19. The highest BCUT2D eigenvalue weighted by Crippen LogP contribution is 2.21. The van der Waals surface area contributed by atoms with Crippen molar-refractivity contribution in [2.24, 2.45) is 5.92 Å². The molecule has 0 fully saturated rings. The summed E-state index contributed by atoms with van der Waals surface area (Å²) in [5.74, 6) is -1.55. The third-order valence-electron chi connectivity index (χ3n) is 3.11. The van der Waals surface area contributed by atoms with Gasteiger partial charge in [0, 0.05) is 6.42 Å². The largest absolute Gasteiger partial charge is 0.481 e. The molecule has 2 aromatic carbocycles. The number of carboxylic acid groups (broad SMARTS) is 1. The summed E-state index contributed by atoms with van der Waals surface area (Å²) < 4.78 is 24.5. The lowest BCUT2D eigenvalue weighted by Gasteiger charge is -2.10. The maximum absolute atomic E-state index is 12.3. The number of hydrogen-bond donors (Lipinski definition) is 1. The van der Waals surface area contributed by atoms with Crippen LogP contribution in [0.25, 0.3) is 10.8 Å². The first-order valence-electron chi connectivity index (χ1n) is 6.32. The van der Waals surface area contributed by atoms with Gasteiger partial charge < -0.3 is 5.11 Å². The molecule has 0 saturated carbocycles. The predicted molar refractivity (Wildman–Crippen MR) is 77.4 cm³/mol. The van der Waals surface area contributed by atoms with Gasteiger partial charge in [-0.2, -0.15) is 0 Å². The fourth-order valence-corrected chi connectivity index (χ4v) is 3.83. The van der Waals surface area contributed by atoms with E-state index in [1.807, 2.05) is 24.3 Å². The number of aliphatic carboxylic acids is 1. The number of sulfone groups is 1. The number of carboxylic acids is 1. The molecule has 0 spiro atoms. The van der Waals surface area contributed by atoms with Gasteiger partial charge in [-0.1, -0.05) is 37.3 Å². The van der Waals surface area contributed by atoms with Crippen LogP contribution in [0, 0.1) is 5.92 Å². The van der Waals surface area contributed by atoms with E-state index >= 15 is 0 Å². The monoisotopic (exact) mass is 292 g/mol. The number of carbonyl (C=O) groups is 1. The Morgan fingerprint density at radius 2 is 1.80 bits per heavy atom. The average molecular weight is 292 g/mol. The highest BCUT2D eigenvalue weighted by molar-refractivity contribution is 7.91. The Balaban J connectivity index is 2.29. The van der Waals surface area contributed by atoms with Gasteiger partial charge in [-0.05, 0) is 28.8 Å². The smallest absolute Gasteiger partial charge is 0.303 e. The molecule has 0 aromatic heterocycles. The Bertz CT molecular complexity index is 734. The van der Waals surface area contributed by atoms with Gasteiger partial charge >= 0.3 is 5.97 Å². The van der Waals surface area contributed by atoms with Crippen molar-refractivity contribution in [2.45, 2.75) is 18.2 Å². The van der Waals surface area contributed by atoms with Crippen LogP contribution < -0.4 is 0 Å². The van der Waals surface area contributed by atoms with E-state index in [4.69, 9.17) is 5.11 Å². The third-order valence-corrected chi connectivity index (χ3v) is 5.09. The zero-order chi connectivity index (χ0) is 14.8. The minimum atomic E-state index is -3.46. The molecule has 0 saturated heterocycles. The molecule has 0 bridgehead atoms. The number of hydrogen-bond acceptors (Lipinski definition) is 3. The molecular weight excluding hydrogens is 276 g/mol. The first-order valence-corrected chi connectivity index (χ1v) is 7.97. The molecule has 5 heteroatoms. The van der Waals surface area contributed by atoms with Crippen molar-refractivity contribution in [3.05, 3.63) is 42.5 Å². The Morgan fingerprint density at radius 3 is 2.45 bits per heavy atom. The highest BCUT2D eigenvalue weighted by Gasteiger charge is 2.20. The molecule has 0 aliphatic heterocycles. The molecular formula is C15H16O4S. The molecule has 4 nitrogen and oxygen atoms in total. The lowest BCUT2D eigenvalue weighted by molar-refractivity contribution is -0.137. The Hall–Kier alpha value is -1.88. The third kappa shape index (κ3) is 3.36. The van der Waals surface area contributed by atoms with Crippen LogP contribution in [-0.4, -0.2) is 25.2 Å². The second-order valence-corrected chi connectivity index (χ2v) is 7.03. The van der Waals surface area contributed by atoms with Gasteiger partial charge in [-0.15, -0.1) is 0 Å². The number of benzene rings is 2. The van der Waals surface area contributed by atoms with Crippen molar-refractivity contribution in [2.75, 3.05) is 5.75 Å². The first kappa shape index (κ1) is 14.5. The lowest BCUT2D eigenvalue weighted by Crippen LogP contribution is -2.17. The van der Waals surface area contributed by atoms with Crippen LogP contribution >= 0.6 is 0 Å². The van der Waals surface area contributed by atoms with Gasteiger partial charge in [-0.25, -0.2) is 8.42 Å². The number of fused-ring (bicyclic) bond motifs is 1. The van der Waals surface area contributed by atoms with Crippen molar-refractivity contribution in [1.29, 1.82) is 0 Å². The van der Waals surface area contributed by atoms with Crippen LogP contribution in [0.1, 0.15) is 13.3 Å². The topological polar surface area (TPSA) is 71.4 Å². The van der Waals surface area contributed by atoms with Gasteiger partial charge in [0.25, 0.3) is 0 Å². The molecule has 106 valence electrons. The molecule has 0 unspecified atom stereocenters. The summed E-state index contributed by atoms with van der Waals surface area (Å²) in [6, 6.07) is 12.5. The molecule has 20 heavy (non-hydrogen) atoms. The SMILES string of the molecule is C[C@@H](CC(=O)O)CS(=O)(=O)c1ccc2ccccc2c1. The summed E-state index contributed by atoms with van der Waals surface area (Å²) in [6.45, 7) is 1.63. The summed E-state index contributed by atoms with van der Waals surface area (Å²) in [6.07, 6.45) is -0.146. The van der Waals surface area contributed by atoms with Gasteiger partial charge in [0.05, 0.1) is 10.6 Å². The summed E-state index contributed by atoms with van der Waals surface area (Å²) in [5.41, 5.74) is 0. The zero-order valence-corrected chi connectivity index (χ0v) is 11.9. The maximum Gasteiger partial charge on any atom is 0.303 e. The zero-order valence-electron chi connectivity index (χ0n) is 11.1. The second kappa shape index (κ2) is 5.63. The van der Waals surface area contributed by atoms with Crippen LogP contribution in [0.2, 0.25) is 0 Å². The van der Waals surface area contributed by atoms with Gasteiger partial charge in [-0.3, -0.25) is 4.79 Å². The molecule has 0 radical (unpaired) electrons. The van der Waals surface area contributed by atoms with E-state index < -0.39 is 21.7 Å². The van der Waals surface area contributed by atoms with Crippen molar-refractivity contribution < 1.29 is 18.3 Å². The van der Waals surface area contributed by atoms with Gasteiger partial charge in [0.2, 0.25) is 0 Å². The van der Waals surface area contributed by atoms with E-state index in [1.165, 1.54) is 0 Å². The van der Waals surface area contributed by atoms with Crippen LogP contribution in [0.4, 0.5) is 0 Å². The lowest BCUT2D eigenvalue weighted by atomic mass is 10.1. The molecule has 0 amide bonds. The average Bonchev–Trinajstić information content (AvgIpc) is 2.36. The quantitative estimate of drug-likeness (QED) is 0.919. The fraction of sp³-hybridized carbons (Fsp3) is 0.267. The van der Waals surface area contributed by atoms with Crippen molar-refractivity contribution in [3.63, 3.8) is 0 Å². The molecule has 1 atom stereocenters. The summed E-state index contributed by atoms with van der Waals surface area (Å²) in [5, 5.41) is 10.5. The Labute approximate surface area is 118 Å². The predicted octanol–water partition coefficient (Wildman–Crippen LogP) is 2.72. The van der Waals surface area contributed by atoms with Crippen LogP contribution in [-0.2, 0) is 14.6 Å². The molecule has 0 aliphatic carbocycles. The van der Waals surface area contributed by atoms with E-state index in [-0.39, 0.29) is 17.1 Å². The Kier molecular flexibility index (Phi) is 4.09. The van der Waals surface area contributed by atoms with Crippen LogP contribution in [0.3, 0.4) is 0 Å². The van der Waals surface area contributed by atoms with Crippen molar-refractivity contribution in [1.82, 2.24) is 0 Å². The van der Waals surface area contributed by atoms with Crippen LogP contribution in [0.15, 0.2) is 47.4 Å². The highest BCUT2D eigenvalue weighted by atomic mass is 32.2. The summed E-state index contributed by atoms with van der Waals surface area (Å²) >= 11 is 0. The van der Waals surface area contributed by atoms with E-state index in [0.717, 1.165) is 10.8 Å². The molecule has 2 rings (SSSR count). The minimum absolute atomic E-state index is 0.146. The normalized spacial score (nSPS) is 13.2. The van der Waals surface area contributed by atoms with E-state index in [1.54, 1.807) is 25.1 Å². The van der Waals surface area contributed by atoms with E-state index in [0.29, 0.717) is 0 Å². The molecule has 1 N–H and O–H groups in total. The van der Waals surface area contributed by atoms with Gasteiger partial charge in [0.15, 0.2) is 9.84 Å². The molecule has 0 aliphatic rings. The molecule has 0 heterocycles. The Morgan fingerprint density at radius 1 is 1.15 bits per heavy atom. The van der Waals surface area contributed by atoms with Crippen molar-refractivity contribution >= 4 is 26.6 Å². The minimum Gasteiger partial charge on any atom is -0.481 e.